The maximum Gasteiger partial charge on any atom is 0.249 e. The summed E-state index contributed by atoms with van der Waals surface area (Å²) >= 11 is 0. The van der Waals surface area contributed by atoms with Gasteiger partial charge in [0.05, 0.1) is 17.6 Å². The number of primary amides is 1. The number of rotatable bonds is 4. The fourth-order valence-electron chi connectivity index (χ4n) is 4.18. The summed E-state index contributed by atoms with van der Waals surface area (Å²) in [6.07, 6.45) is 0. The summed E-state index contributed by atoms with van der Waals surface area (Å²) in [6, 6.07) is 20.3. The molecule has 0 fully saturated rings. The van der Waals surface area contributed by atoms with Crippen molar-refractivity contribution in [3.8, 4) is 11.1 Å². The van der Waals surface area contributed by atoms with Gasteiger partial charge in [-0.25, -0.2) is 22.0 Å². The molecule has 0 aliphatic heterocycles. The summed E-state index contributed by atoms with van der Waals surface area (Å²) < 4.78 is 71.8. The third-order valence-corrected chi connectivity index (χ3v) is 5.78. The standard InChI is InChI=1S/C26H14F5N2O/c27-21-17(22(28)24(30)25(31)23(21)29)12-33-18-8-4-7-16(26(32)34)20(18)15-10-9-14(11-19(15)33)13-5-2-1-3-6-13/h1-9,11H,12H2,(H2,32,34). The van der Waals surface area contributed by atoms with Gasteiger partial charge in [0.1, 0.15) is 0 Å². The molecule has 8 heteroatoms. The molecule has 0 aliphatic carbocycles. The van der Waals surface area contributed by atoms with Crippen LogP contribution >= 0.6 is 0 Å². The fourth-order valence-corrected chi connectivity index (χ4v) is 4.18. The Morgan fingerprint density at radius 3 is 2.09 bits per heavy atom. The predicted molar refractivity (Wildman–Crippen MR) is 118 cm³/mol. The van der Waals surface area contributed by atoms with Crippen LogP contribution in [0.15, 0.2) is 60.7 Å². The van der Waals surface area contributed by atoms with Crippen LogP contribution in [0.2, 0.25) is 0 Å². The van der Waals surface area contributed by atoms with Gasteiger partial charge in [-0.15, -0.1) is 0 Å². The van der Waals surface area contributed by atoms with E-state index in [1.54, 1.807) is 18.2 Å². The molecule has 5 aromatic rings. The van der Waals surface area contributed by atoms with Crippen LogP contribution in [0.3, 0.4) is 0 Å². The van der Waals surface area contributed by atoms with Crippen LogP contribution in [0.1, 0.15) is 15.9 Å². The molecule has 3 nitrogen and oxygen atoms in total. The molecule has 0 atom stereocenters. The van der Waals surface area contributed by atoms with Gasteiger partial charge in [-0.1, -0.05) is 36.4 Å². The van der Waals surface area contributed by atoms with Crippen molar-refractivity contribution in [2.24, 2.45) is 5.73 Å². The molecule has 0 unspecified atom stereocenters. The summed E-state index contributed by atoms with van der Waals surface area (Å²) in [5.74, 6) is -10.8. The van der Waals surface area contributed by atoms with Gasteiger partial charge < -0.3 is 10.3 Å². The third kappa shape index (κ3) is 3.22. The van der Waals surface area contributed by atoms with Crippen LogP contribution in [0.5, 0.6) is 0 Å². The first-order chi connectivity index (χ1) is 16.3. The van der Waals surface area contributed by atoms with Gasteiger partial charge >= 0.3 is 0 Å². The minimum absolute atomic E-state index is 0.141. The molecule has 1 heterocycles. The summed E-state index contributed by atoms with van der Waals surface area (Å²) in [5, 5.41) is 0.793. The van der Waals surface area contributed by atoms with E-state index in [4.69, 9.17) is 5.73 Å². The maximum absolute atomic E-state index is 14.5. The Bertz CT molecular complexity index is 1580. The quantitative estimate of drug-likeness (QED) is 0.195. The number of aromatic nitrogens is 1. The van der Waals surface area contributed by atoms with Gasteiger partial charge in [0.15, 0.2) is 23.3 Å². The van der Waals surface area contributed by atoms with Gasteiger partial charge in [0.2, 0.25) is 11.7 Å². The summed E-state index contributed by atoms with van der Waals surface area (Å²) in [7, 11) is 0. The minimum atomic E-state index is -2.23. The van der Waals surface area contributed by atoms with Crippen molar-refractivity contribution in [2.75, 3.05) is 0 Å². The largest absolute Gasteiger partial charge is 0.366 e. The lowest BCUT2D eigenvalue weighted by Gasteiger charge is -2.12. The minimum Gasteiger partial charge on any atom is -0.366 e. The maximum atomic E-state index is 14.5. The lowest BCUT2D eigenvalue weighted by atomic mass is 10.0. The van der Waals surface area contributed by atoms with Crippen molar-refractivity contribution >= 4 is 27.7 Å². The van der Waals surface area contributed by atoms with Crippen molar-refractivity contribution in [2.45, 2.75) is 6.54 Å². The molecule has 0 spiro atoms. The van der Waals surface area contributed by atoms with E-state index < -0.39 is 47.1 Å². The Labute approximate surface area is 189 Å². The molecule has 1 amide bonds. The molecule has 0 aliphatic rings. The van der Waals surface area contributed by atoms with Crippen LogP contribution in [0, 0.1) is 35.2 Å². The van der Waals surface area contributed by atoms with Gasteiger partial charge in [0.25, 0.3) is 0 Å². The predicted octanol–water partition coefficient (Wildman–Crippen LogP) is 6.10. The van der Waals surface area contributed by atoms with E-state index >= 15 is 0 Å². The number of halogens is 5. The Morgan fingerprint density at radius 2 is 1.44 bits per heavy atom. The SMILES string of the molecule is NC(=O)c1cccc2c1c1[c]cc(-c3ccccc3)cc1n2Cc1c(F)c(F)c(F)c(F)c1F. The topological polar surface area (TPSA) is 48.0 Å². The highest BCUT2D eigenvalue weighted by Gasteiger charge is 2.27. The Hall–Kier alpha value is -4.20. The highest BCUT2D eigenvalue weighted by molar-refractivity contribution is 6.18. The number of benzene rings is 4. The lowest BCUT2D eigenvalue weighted by Crippen LogP contribution is -2.12. The monoisotopic (exact) mass is 465 g/mol. The highest BCUT2D eigenvalue weighted by atomic mass is 19.2. The van der Waals surface area contributed by atoms with E-state index in [0.29, 0.717) is 27.4 Å². The summed E-state index contributed by atoms with van der Waals surface area (Å²) in [4.78, 5) is 12.1. The molecule has 2 N–H and O–H groups in total. The lowest BCUT2D eigenvalue weighted by molar-refractivity contribution is 0.100. The number of fused-ring (bicyclic) bond motifs is 3. The van der Waals surface area contributed by atoms with Crippen molar-refractivity contribution in [1.82, 2.24) is 4.57 Å². The van der Waals surface area contributed by atoms with Gasteiger partial charge in [-0.3, -0.25) is 4.79 Å². The molecular formula is C26H14F5N2O. The van der Waals surface area contributed by atoms with E-state index in [1.807, 2.05) is 30.3 Å². The van der Waals surface area contributed by atoms with Gasteiger partial charge in [-0.05, 0) is 41.5 Å². The molecule has 0 saturated carbocycles. The van der Waals surface area contributed by atoms with E-state index in [-0.39, 0.29) is 5.56 Å². The number of hydrogen-bond acceptors (Lipinski definition) is 1. The van der Waals surface area contributed by atoms with Gasteiger partial charge in [-0.2, -0.15) is 0 Å². The summed E-state index contributed by atoms with van der Waals surface area (Å²) in [5.41, 5.74) is 6.92. The van der Waals surface area contributed by atoms with E-state index in [9.17, 15) is 26.7 Å². The number of amides is 1. The summed E-state index contributed by atoms with van der Waals surface area (Å²) in [6.45, 7) is -0.680. The number of carbonyl (C=O) groups is 1. The molecule has 34 heavy (non-hydrogen) atoms. The van der Waals surface area contributed by atoms with Crippen LogP contribution in [-0.4, -0.2) is 10.5 Å². The average molecular weight is 465 g/mol. The third-order valence-electron chi connectivity index (χ3n) is 5.78. The van der Waals surface area contributed by atoms with Crippen molar-refractivity contribution in [3.63, 3.8) is 0 Å². The van der Waals surface area contributed by atoms with Crippen LogP contribution in [-0.2, 0) is 6.54 Å². The van der Waals surface area contributed by atoms with Crippen molar-refractivity contribution in [1.29, 1.82) is 0 Å². The van der Waals surface area contributed by atoms with E-state index in [2.05, 4.69) is 6.07 Å². The Kier molecular flexibility index (Phi) is 5.08. The number of nitrogens with zero attached hydrogens (tertiary/aromatic N) is 1. The zero-order chi connectivity index (χ0) is 24.1. The second-order valence-corrected chi connectivity index (χ2v) is 7.71. The number of hydrogen-bond donors (Lipinski definition) is 1. The molecular weight excluding hydrogens is 451 g/mol. The first-order valence-corrected chi connectivity index (χ1v) is 10.1. The smallest absolute Gasteiger partial charge is 0.249 e. The first-order valence-electron chi connectivity index (χ1n) is 10.1. The van der Waals surface area contributed by atoms with Gasteiger partial charge in [0, 0.05) is 21.9 Å². The highest BCUT2D eigenvalue weighted by Crippen LogP contribution is 2.35. The number of nitrogens with two attached hydrogens (primary N) is 1. The van der Waals surface area contributed by atoms with Crippen LogP contribution in [0.25, 0.3) is 32.9 Å². The first kappa shape index (κ1) is 21.6. The Morgan fingerprint density at radius 1 is 0.794 bits per heavy atom. The second kappa shape index (κ2) is 7.98. The average Bonchev–Trinajstić information content (AvgIpc) is 3.17. The zero-order valence-electron chi connectivity index (χ0n) is 17.3. The fraction of sp³-hybridized carbons (Fsp3) is 0.0385. The molecule has 1 aromatic heterocycles. The normalized spacial score (nSPS) is 11.4. The van der Waals surface area contributed by atoms with E-state index in [1.165, 1.54) is 16.7 Å². The Balaban J connectivity index is 1.85. The zero-order valence-corrected chi connectivity index (χ0v) is 17.3. The molecule has 1 radical (unpaired) electrons. The van der Waals surface area contributed by atoms with E-state index in [0.717, 1.165) is 5.56 Å². The molecule has 0 bridgehead atoms. The van der Waals surface area contributed by atoms with Crippen molar-refractivity contribution in [3.05, 3.63) is 107 Å². The van der Waals surface area contributed by atoms with Crippen molar-refractivity contribution < 1.29 is 26.7 Å². The molecule has 0 saturated heterocycles. The second-order valence-electron chi connectivity index (χ2n) is 7.71. The molecule has 5 rings (SSSR count). The van der Waals surface area contributed by atoms with Crippen LogP contribution in [0.4, 0.5) is 22.0 Å². The molecule has 169 valence electrons. The van der Waals surface area contributed by atoms with Crippen LogP contribution < -0.4 is 5.73 Å². The molecule has 4 aromatic carbocycles. The number of carbonyl (C=O) groups excluding carboxylic acids is 1.